The zero-order valence-corrected chi connectivity index (χ0v) is 10.7. The van der Waals surface area contributed by atoms with Gasteiger partial charge in [-0.25, -0.2) is 13.2 Å². The normalized spacial score (nSPS) is 10.8. The molecule has 1 nitrogen and oxygen atoms in total. The summed E-state index contributed by atoms with van der Waals surface area (Å²) in [5.41, 5.74) is -0.233. The monoisotopic (exact) mass is 286 g/mol. The summed E-state index contributed by atoms with van der Waals surface area (Å²) in [5, 5.41) is 0.631. The minimum Gasteiger partial charge on any atom is -0.288 e. The van der Waals surface area contributed by atoms with E-state index in [-0.39, 0.29) is 16.5 Å². The number of ketones is 1. The van der Waals surface area contributed by atoms with Crippen LogP contribution in [0.4, 0.5) is 13.2 Å². The first-order valence-electron chi connectivity index (χ1n) is 6.25. The average Bonchev–Trinajstić information content (AvgIpc) is 2.50. The number of hydrogen-bond donors (Lipinski definition) is 0. The molecule has 0 N–H and O–H groups in total. The Morgan fingerprint density at radius 2 is 1.38 bits per heavy atom. The average molecular weight is 286 g/mol. The number of hydrogen-bond acceptors (Lipinski definition) is 1. The van der Waals surface area contributed by atoms with Gasteiger partial charge in [0.1, 0.15) is 17.5 Å². The molecule has 0 aliphatic carbocycles. The van der Waals surface area contributed by atoms with Crippen LogP contribution < -0.4 is 0 Å². The van der Waals surface area contributed by atoms with Crippen molar-refractivity contribution >= 4 is 16.6 Å². The Morgan fingerprint density at radius 3 is 2.14 bits per heavy atom. The first-order chi connectivity index (χ1) is 10.1. The summed E-state index contributed by atoms with van der Waals surface area (Å²) in [5.74, 6) is -2.66. The Bertz CT molecular complexity index is 856. The van der Waals surface area contributed by atoms with Crippen LogP contribution in [-0.2, 0) is 0 Å². The van der Waals surface area contributed by atoms with Crippen LogP contribution in [0, 0.1) is 17.5 Å². The molecule has 104 valence electrons. The van der Waals surface area contributed by atoms with Crippen molar-refractivity contribution in [1.29, 1.82) is 0 Å². The van der Waals surface area contributed by atoms with E-state index in [1.165, 1.54) is 12.1 Å². The van der Waals surface area contributed by atoms with Crippen molar-refractivity contribution in [3.05, 3.63) is 83.2 Å². The predicted molar refractivity (Wildman–Crippen MR) is 73.7 cm³/mol. The van der Waals surface area contributed by atoms with E-state index in [1.54, 1.807) is 18.2 Å². The second kappa shape index (κ2) is 5.05. The maximum absolute atomic E-state index is 13.7. The third-order valence-corrected chi connectivity index (χ3v) is 3.29. The van der Waals surface area contributed by atoms with Gasteiger partial charge >= 0.3 is 0 Å². The van der Waals surface area contributed by atoms with Gasteiger partial charge in [-0.05, 0) is 35.7 Å². The fourth-order valence-corrected chi connectivity index (χ4v) is 2.28. The highest BCUT2D eigenvalue weighted by Crippen LogP contribution is 2.25. The molecular formula is C17H9F3O. The lowest BCUT2D eigenvalue weighted by Gasteiger charge is -2.07. The Labute approximate surface area is 118 Å². The van der Waals surface area contributed by atoms with E-state index in [0.717, 1.165) is 24.3 Å². The van der Waals surface area contributed by atoms with Crippen molar-refractivity contribution in [2.24, 2.45) is 0 Å². The smallest absolute Gasteiger partial charge is 0.196 e. The molecule has 0 atom stereocenters. The van der Waals surface area contributed by atoms with E-state index in [1.807, 2.05) is 0 Å². The van der Waals surface area contributed by atoms with Crippen LogP contribution in [0.2, 0.25) is 0 Å². The van der Waals surface area contributed by atoms with Gasteiger partial charge in [-0.3, -0.25) is 4.79 Å². The van der Waals surface area contributed by atoms with Gasteiger partial charge < -0.3 is 0 Å². The van der Waals surface area contributed by atoms with Crippen LogP contribution in [0.1, 0.15) is 15.9 Å². The van der Waals surface area contributed by atoms with E-state index >= 15 is 0 Å². The van der Waals surface area contributed by atoms with Crippen molar-refractivity contribution < 1.29 is 18.0 Å². The van der Waals surface area contributed by atoms with Gasteiger partial charge in [-0.15, -0.1) is 0 Å². The summed E-state index contributed by atoms with van der Waals surface area (Å²) in [6, 6.07) is 11.5. The van der Waals surface area contributed by atoms with E-state index < -0.39 is 23.2 Å². The summed E-state index contributed by atoms with van der Waals surface area (Å²) < 4.78 is 40.7. The van der Waals surface area contributed by atoms with Gasteiger partial charge in [-0.2, -0.15) is 0 Å². The van der Waals surface area contributed by atoms with Crippen molar-refractivity contribution in [1.82, 2.24) is 0 Å². The molecule has 3 aromatic carbocycles. The Balaban J connectivity index is 2.23. The lowest BCUT2D eigenvalue weighted by molar-refractivity contribution is 0.103. The second-order valence-electron chi connectivity index (χ2n) is 4.59. The molecule has 4 heteroatoms. The van der Waals surface area contributed by atoms with Crippen molar-refractivity contribution in [2.45, 2.75) is 0 Å². The number of fused-ring (bicyclic) bond motifs is 1. The summed E-state index contributed by atoms with van der Waals surface area (Å²) in [7, 11) is 0. The molecule has 0 saturated heterocycles. The lowest BCUT2D eigenvalue weighted by Crippen LogP contribution is -2.06. The van der Waals surface area contributed by atoms with E-state index in [2.05, 4.69) is 0 Å². The predicted octanol–water partition coefficient (Wildman–Crippen LogP) is 4.49. The third kappa shape index (κ3) is 2.29. The largest absolute Gasteiger partial charge is 0.288 e. The summed E-state index contributed by atoms with van der Waals surface area (Å²) in [6.45, 7) is 0. The highest BCUT2D eigenvalue weighted by Gasteiger charge is 2.18. The van der Waals surface area contributed by atoms with Crippen LogP contribution in [-0.4, -0.2) is 5.78 Å². The molecule has 0 unspecified atom stereocenters. The highest BCUT2D eigenvalue weighted by molar-refractivity contribution is 6.16. The van der Waals surface area contributed by atoms with Gasteiger partial charge in [0.15, 0.2) is 5.78 Å². The Hall–Kier alpha value is -2.62. The van der Waals surface area contributed by atoms with Crippen LogP contribution in [0.5, 0.6) is 0 Å². The summed E-state index contributed by atoms with van der Waals surface area (Å²) in [6.07, 6.45) is 0. The molecule has 3 aromatic rings. The van der Waals surface area contributed by atoms with Crippen LogP contribution >= 0.6 is 0 Å². The van der Waals surface area contributed by atoms with Crippen LogP contribution in [0.15, 0.2) is 54.6 Å². The van der Waals surface area contributed by atoms with Crippen LogP contribution in [0.25, 0.3) is 10.8 Å². The highest BCUT2D eigenvalue weighted by atomic mass is 19.1. The first kappa shape index (κ1) is 13.4. The zero-order chi connectivity index (χ0) is 15.0. The number of benzene rings is 3. The molecule has 0 heterocycles. The number of rotatable bonds is 2. The molecule has 0 radical (unpaired) electrons. The topological polar surface area (TPSA) is 17.1 Å². The Kier molecular flexibility index (Phi) is 3.22. The summed E-state index contributed by atoms with van der Waals surface area (Å²) >= 11 is 0. The molecule has 3 rings (SSSR count). The zero-order valence-electron chi connectivity index (χ0n) is 10.7. The minimum atomic E-state index is -0.810. The summed E-state index contributed by atoms with van der Waals surface area (Å²) in [4.78, 5) is 12.4. The van der Waals surface area contributed by atoms with Crippen LogP contribution in [0.3, 0.4) is 0 Å². The molecule has 0 aromatic heterocycles. The number of carbonyl (C=O) groups is 1. The fourth-order valence-electron chi connectivity index (χ4n) is 2.28. The van der Waals surface area contributed by atoms with Gasteiger partial charge in [-0.1, -0.05) is 24.3 Å². The number of halogens is 3. The second-order valence-corrected chi connectivity index (χ2v) is 4.59. The van der Waals surface area contributed by atoms with Crippen molar-refractivity contribution in [2.75, 3.05) is 0 Å². The van der Waals surface area contributed by atoms with Gasteiger partial charge in [0, 0.05) is 10.9 Å². The van der Waals surface area contributed by atoms with Gasteiger partial charge in [0.05, 0.1) is 5.56 Å². The minimum absolute atomic E-state index is 0.136. The molecule has 21 heavy (non-hydrogen) atoms. The molecule has 0 saturated carbocycles. The first-order valence-corrected chi connectivity index (χ1v) is 6.25. The lowest BCUT2D eigenvalue weighted by atomic mass is 9.96. The molecular weight excluding hydrogens is 277 g/mol. The molecule has 0 amide bonds. The molecule has 0 aliphatic rings. The standard InChI is InChI=1S/C17H9F3O/c18-10-5-7-16(20)14(9-10)17(21)13-6-8-15(19)12-4-2-1-3-11(12)13/h1-9H. The van der Waals surface area contributed by atoms with E-state index in [4.69, 9.17) is 0 Å². The molecule has 0 fully saturated rings. The van der Waals surface area contributed by atoms with Gasteiger partial charge in [0.2, 0.25) is 0 Å². The van der Waals surface area contributed by atoms with Crippen molar-refractivity contribution in [3.8, 4) is 0 Å². The van der Waals surface area contributed by atoms with Crippen molar-refractivity contribution in [3.63, 3.8) is 0 Å². The maximum atomic E-state index is 13.7. The molecule has 0 spiro atoms. The fraction of sp³-hybridized carbons (Fsp3) is 0. The SMILES string of the molecule is O=C(c1cc(F)ccc1F)c1ccc(F)c2ccccc12. The maximum Gasteiger partial charge on any atom is 0.196 e. The molecule has 0 aliphatic heterocycles. The van der Waals surface area contributed by atoms with E-state index in [0.29, 0.717) is 5.39 Å². The Morgan fingerprint density at radius 1 is 0.714 bits per heavy atom. The number of carbonyl (C=O) groups excluding carboxylic acids is 1. The quantitative estimate of drug-likeness (QED) is 0.634. The van der Waals surface area contributed by atoms with Gasteiger partial charge in [0.25, 0.3) is 0 Å². The third-order valence-electron chi connectivity index (χ3n) is 3.29. The molecule has 0 bridgehead atoms. The van der Waals surface area contributed by atoms with E-state index in [9.17, 15) is 18.0 Å².